The van der Waals surface area contributed by atoms with Crippen molar-refractivity contribution in [2.75, 3.05) is 0 Å². The van der Waals surface area contributed by atoms with Crippen LogP contribution < -0.4 is 5.30 Å². The number of hydrogen-bond acceptors (Lipinski definition) is 2. The van der Waals surface area contributed by atoms with E-state index in [-0.39, 0.29) is 0 Å². The highest BCUT2D eigenvalue weighted by atomic mass is 32.1. The van der Waals surface area contributed by atoms with E-state index in [9.17, 15) is 0 Å². The molecule has 1 aromatic carbocycles. The predicted molar refractivity (Wildman–Crippen MR) is 53.7 cm³/mol. The molecule has 1 aromatic heterocycles. The largest absolute Gasteiger partial charge is 0.242 e. The Morgan fingerprint density at radius 2 is 2.27 bits per heavy atom. The quantitative estimate of drug-likeness (QED) is 0.567. The van der Waals surface area contributed by atoms with Crippen molar-refractivity contribution >= 4 is 36.1 Å². The van der Waals surface area contributed by atoms with Gasteiger partial charge < -0.3 is 0 Å². The molecule has 0 spiro atoms. The number of fused-ring (bicyclic) bond motifs is 1. The maximum absolute atomic E-state index is 4.36. The van der Waals surface area contributed by atoms with Crippen molar-refractivity contribution < 1.29 is 0 Å². The summed E-state index contributed by atoms with van der Waals surface area (Å²) in [5, 5.41) is 2.36. The first-order valence-corrected chi connectivity index (χ1v) is 4.78. The fourth-order valence-corrected chi connectivity index (χ4v) is 2.32. The molecule has 1 unspecified atom stereocenters. The molecule has 1 heterocycles. The summed E-state index contributed by atoms with van der Waals surface area (Å²) < 4.78 is 1.27. The number of aryl methyl sites for hydroxylation is 1. The van der Waals surface area contributed by atoms with Crippen molar-refractivity contribution in [2.45, 2.75) is 6.92 Å². The number of thiazole rings is 1. The van der Waals surface area contributed by atoms with Crippen LogP contribution in [0.5, 0.6) is 0 Å². The summed E-state index contributed by atoms with van der Waals surface area (Å²) in [5.41, 5.74) is 1.11. The minimum atomic E-state index is 1.11. The molecule has 11 heavy (non-hydrogen) atoms. The molecule has 0 N–H and O–H groups in total. The molecule has 0 aliphatic heterocycles. The lowest BCUT2D eigenvalue weighted by atomic mass is 10.3. The molecule has 0 saturated heterocycles. The van der Waals surface area contributed by atoms with E-state index in [0.717, 1.165) is 10.5 Å². The fourth-order valence-electron chi connectivity index (χ4n) is 1.06. The van der Waals surface area contributed by atoms with Crippen molar-refractivity contribution in [1.82, 2.24) is 4.98 Å². The molecule has 2 rings (SSSR count). The lowest BCUT2D eigenvalue weighted by molar-refractivity contribution is 1.35. The van der Waals surface area contributed by atoms with E-state index < -0.39 is 0 Å². The first-order chi connectivity index (χ1) is 5.25. The van der Waals surface area contributed by atoms with Crippen molar-refractivity contribution in [3.63, 3.8) is 0 Å². The standard InChI is InChI=1S/C8H8NPS/c1-5-9-7-3-2-6(10)4-8(7)11-5/h2-4H,10H2,1H3. The zero-order valence-corrected chi connectivity index (χ0v) is 8.14. The summed E-state index contributed by atoms with van der Waals surface area (Å²) in [6.07, 6.45) is 0. The number of benzene rings is 1. The van der Waals surface area contributed by atoms with Gasteiger partial charge >= 0.3 is 0 Å². The molecule has 1 atom stereocenters. The minimum absolute atomic E-state index is 1.11. The van der Waals surface area contributed by atoms with Gasteiger partial charge in [0.25, 0.3) is 0 Å². The van der Waals surface area contributed by atoms with Gasteiger partial charge in [-0.1, -0.05) is 6.07 Å². The number of nitrogens with zero attached hydrogens (tertiary/aromatic N) is 1. The van der Waals surface area contributed by atoms with Gasteiger partial charge in [-0.15, -0.1) is 20.6 Å². The van der Waals surface area contributed by atoms with E-state index >= 15 is 0 Å². The Bertz CT molecular complexity index is 394. The lowest BCUT2D eigenvalue weighted by Crippen LogP contribution is -1.85. The molecular formula is C8H8NPS. The Kier molecular flexibility index (Phi) is 1.67. The lowest BCUT2D eigenvalue weighted by Gasteiger charge is -1.88. The van der Waals surface area contributed by atoms with Crippen LogP contribution in [-0.4, -0.2) is 4.98 Å². The first kappa shape index (κ1) is 7.20. The zero-order chi connectivity index (χ0) is 7.84. The average molecular weight is 181 g/mol. The molecule has 0 aliphatic carbocycles. The van der Waals surface area contributed by atoms with Crippen LogP contribution in [0.1, 0.15) is 5.01 Å². The van der Waals surface area contributed by atoms with Crippen LogP contribution in [-0.2, 0) is 0 Å². The van der Waals surface area contributed by atoms with Gasteiger partial charge in [0.05, 0.1) is 15.2 Å². The Labute approximate surface area is 71.7 Å². The molecule has 0 saturated carbocycles. The minimum Gasteiger partial charge on any atom is -0.242 e. The Hall–Kier alpha value is -0.460. The second kappa shape index (κ2) is 2.54. The summed E-state index contributed by atoms with van der Waals surface area (Å²) in [4.78, 5) is 4.36. The van der Waals surface area contributed by atoms with Gasteiger partial charge in [-0.05, 0) is 24.4 Å². The highest BCUT2D eigenvalue weighted by Gasteiger charge is 1.98. The van der Waals surface area contributed by atoms with Crippen LogP contribution in [0.4, 0.5) is 0 Å². The third-order valence-corrected chi connectivity index (χ3v) is 2.81. The Morgan fingerprint density at radius 1 is 1.45 bits per heavy atom. The van der Waals surface area contributed by atoms with E-state index in [0.29, 0.717) is 0 Å². The summed E-state index contributed by atoms with van der Waals surface area (Å²) >= 11 is 1.74. The van der Waals surface area contributed by atoms with Crippen LogP contribution in [0.2, 0.25) is 0 Å². The first-order valence-electron chi connectivity index (χ1n) is 3.38. The van der Waals surface area contributed by atoms with E-state index in [1.54, 1.807) is 11.3 Å². The highest BCUT2D eigenvalue weighted by molar-refractivity contribution is 7.27. The van der Waals surface area contributed by atoms with Crippen molar-refractivity contribution in [1.29, 1.82) is 0 Å². The highest BCUT2D eigenvalue weighted by Crippen LogP contribution is 2.20. The van der Waals surface area contributed by atoms with E-state index in [1.807, 2.05) is 6.92 Å². The second-order valence-electron chi connectivity index (χ2n) is 2.46. The van der Waals surface area contributed by atoms with E-state index in [2.05, 4.69) is 32.4 Å². The second-order valence-corrected chi connectivity index (χ2v) is 4.36. The van der Waals surface area contributed by atoms with E-state index in [1.165, 1.54) is 10.0 Å². The van der Waals surface area contributed by atoms with Crippen molar-refractivity contribution in [3.05, 3.63) is 23.2 Å². The molecule has 0 fully saturated rings. The molecular weight excluding hydrogens is 173 g/mol. The van der Waals surface area contributed by atoms with Gasteiger partial charge in [0, 0.05) is 0 Å². The molecule has 3 heteroatoms. The van der Waals surface area contributed by atoms with Crippen LogP contribution in [0.15, 0.2) is 18.2 Å². The van der Waals surface area contributed by atoms with Gasteiger partial charge in [0.2, 0.25) is 0 Å². The molecule has 0 bridgehead atoms. The number of rotatable bonds is 0. The van der Waals surface area contributed by atoms with Crippen LogP contribution >= 0.6 is 20.6 Å². The third-order valence-electron chi connectivity index (χ3n) is 1.52. The van der Waals surface area contributed by atoms with Gasteiger partial charge in [0.15, 0.2) is 0 Å². The van der Waals surface area contributed by atoms with Crippen LogP contribution in [0.3, 0.4) is 0 Å². The molecule has 0 radical (unpaired) electrons. The van der Waals surface area contributed by atoms with Gasteiger partial charge in [-0.25, -0.2) is 4.98 Å². The Morgan fingerprint density at radius 3 is 3.09 bits per heavy atom. The SMILES string of the molecule is Cc1nc2ccc(P)cc2s1. The molecule has 1 nitrogen and oxygen atoms in total. The normalized spacial score (nSPS) is 10.7. The number of aromatic nitrogens is 1. The summed E-state index contributed by atoms with van der Waals surface area (Å²) in [6.45, 7) is 2.03. The smallest absolute Gasteiger partial charge is 0.0907 e. The van der Waals surface area contributed by atoms with Crippen molar-refractivity contribution in [3.8, 4) is 0 Å². The monoisotopic (exact) mass is 181 g/mol. The topological polar surface area (TPSA) is 12.9 Å². The number of hydrogen-bond donors (Lipinski definition) is 0. The molecule has 56 valence electrons. The van der Waals surface area contributed by atoms with Gasteiger partial charge in [-0.2, -0.15) is 0 Å². The van der Waals surface area contributed by atoms with Crippen LogP contribution in [0, 0.1) is 6.92 Å². The Balaban J connectivity index is 2.82. The molecule has 2 aromatic rings. The maximum atomic E-state index is 4.36. The fraction of sp³-hybridized carbons (Fsp3) is 0.125. The van der Waals surface area contributed by atoms with Gasteiger partial charge in [-0.3, -0.25) is 0 Å². The predicted octanol–water partition coefficient (Wildman–Crippen LogP) is 2.11. The third kappa shape index (κ3) is 1.29. The van der Waals surface area contributed by atoms with Crippen LogP contribution in [0.25, 0.3) is 10.2 Å². The summed E-state index contributed by atoms with van der Waals surface area (Å²) in [6, 6.07) is 6.26. The maximum Gasteiger partial charge on any atom is 0.0907 e. The van der Waals surface area contributed by atoms with Gasteiger partial charge in [0.1, 0.15) is 0 Å². The summed E-state index contributed by atoms with van der Waals surface area (Å²) in [5.74, 6) is 0. The molecule has 0 aliphatic rings. The summed E-state index contributed by atoms with van der Waals surface area (Å²) in [7, 11) is 2.69. The van der Waals surface area contributed by atoms with Crippen molar-refractivity contribution in [2.24, 2.45) is 0 Å². The zero-order valence-electron chi connectivity index (χ0n) is 6.16. The average Bonchev–Trinajstić information content (AvgIpc) is 2.27. The van der Waals surface area contributed by atoms with E-state index in [4.69, 9.17) is 0 Å². The molecule has 0 amide bonds.